The molecule has 3 aliphatic rings. The molecule has 3 heteroatoms. The molecular formula is C51H64Cl2Zr-2. The summed E-state index contributed by atoms with van der Waals surface area (Å²) >= 11 is 1.51. The van der Waals surface area contributed by atoms with Crippen LogP contribution in [0.5, 0.6) is 0 Å². The van der Waals surface area contributed by atoms with Gasteiger partial charge in [-0.25, -0.2) is 11.6 Å². The van der Waals surface area contributed by atoms with E-state index in [4.69, 9.17) is 0 Å². The largest absolute Gasteiger partial charge is 1.00 e. The fourth-order valence-electron chi connectivity index (χ4n) is 7.93. The van der Waals surface area contributed by atoms with Gasteiger partial charge < -0.3 is 24.8 Å². The van der Waals surface area contributed by atoms with E-state index in [9.17, 15) is 0 Å². The van der Waals surface area contributed by atoms with Gasteiger partial charge in [0.1, 0.15) is 0 Å². The third kappa shape index (κ3) is 9.67. The van der Waals surface area contributed by atoms with Crippen LogP contribution < -0.4 is 24.8 Å². The van der Waals surface area contributed by atoms with Crippen LogP contribution in [0.1, 0.15) is 159 Å². The first kappa shape index (κ1) is 46.2. The first-order valence-electron chi connectivity index (χ1n) is 19.5. The number of halogens is 2. The second-order valence-corrected chi connectivity index (χ2v) is 21.6. The number of hydrogen-bond donors (Lipinski definition) is 0. The van der Waals surface area contributed by atoms with E-state index in [0.717, 1.165) is 12.8 Å². The summed E-state index contributed by atoms with van der Waals surface area (Å²) in [5, 5.41) is 0. The van der Waals surface area contributed by atoms with Crippen LogP contribution >= 0.6 is 0 Å². The molecule has 0 nitrogen and oxygen atoms in total. The van der Waals surface area contributed by atoms with Gasteiger partial charge in [0, 0.05) is 5.41 Å². The molecule has 0 aromatic heterocycles. The van der Waals surface area contributed by atoms with Crippen molar-refractivity contribution in [1.29, 1.82) is 0 Å². The Morgan fingerprint density at radius 3 is 1.70 bits per heavy atom. The third-order valence-electron chi connectivity index (χ3n) is 11.2. The van der Waals surface area contributed by atoms with Gasteiger partial charge in [-0.3, -0.25) is 6.08 Å². The van der Waals surface area contributed by atoms with Crippen LogP contribution in [0.4, 0.5) is 0 Å². The van der Waals surface area contributed by atoms with Crippen molar-refractivity contribution in [2.75, 3.05) is 0 Å². The van der Waals surface area contributed by atoms with Crippen molar-refractivity contribution >= 4 is 14.4 Å². The molecule has 0 saturated heterocycles. The Morgan fingerprint density at radius 1 is 0.722 bits per heavy atom. The first-order chi connectivity index (χ1) is 23.8. The number of fused-ring (bicyclic) bond motifs is 5. The Morgan fingerprint density at radius 2 is 1.26 bits per heavy atom. The Labute approximate surface area is 357 Å². The average molecular weight is 839 g/mol. The molecule has 0 atom stereocenters. The molecular weight excluding hydrogens is 775 g/mol. The fourth-order valence-corrected chi connectivity index (χ4v) is 8.34. The van der Waals surface area contributed by atoms with Gasteiger partial charge in [-0.2, -0.15) is 28.8 Å². The van der Waals surface area contributed by atoms with Gasteiger partial charge in [0.25, 0.3) is 0 Å². The van der Waals surface area contributed by atoms with Crippen LogP contribution in [-0.4, -0.2) is 3.21 Å². The number of aryl methyl sites for hydroxylation is 2. The van der Waals surface area contributed by atoms with E-state index in [1.807, 2.05) is 0 Å². The minimum Gasteiger partial charge on any atom is -1.00 e. The Bertz CT molecular complexity index is 1960. The number of allylic oxidation sites excluding steroid dienone is 4. The zero-order chi connectivity index (χ0) is 38.8. The van der Waals surface area contributed by atoms with Crippen LogP contribution in [0.3, 0.4) is 0 Å². The van der Waals surface area contributed by atoms with Gasteiger partial charge in [0.15, 0.2) is 0 Å². The summed E-state index contributed by atoms with van der Waals surface area (Å²) in [5.41, 5.74) is 20.8. The maximum atomic E-state index is 3.85. The Hall–Kier alpha value is -2.18. The number of benzene rings is 3. The summed E-state index contributed by atoms with van der Waals surface area (Å²) in [6.45, 7) is 36.6. The molecule has 0 N–H and O–H groups in total. The molecule has 54 heavy (non-hydrogen) atoms. The second-order valence-electron chi connectivity index (χ2n) is 19.8. The van der Waals surface area contributed by atoms with Gasteiger partial charge in [0.2, 0.25) is 0 Å². The zero-order valence-electron chi connectivity index (χ0n) is 36.1. The predicted octanol–water partition coefficient (Wildman–Crippen LogP) is 7.86. The normalized spacial score (nSPS) is 15.7. The molecule has 0 unspecified atom stereocenters. The molecule has 0 aliphatic heterocycles. The van der Waals surface area contributed by atoms with Crippen LogP contribution in [0.2, 0.25) is 0 Å². The number of rotatable bonds is 2. The van der Waals surface area contributed by atoms with Gasteiger partial charge >= 0.3 is 76.7 Å². The Balaban J connectivity index is 0.000000281. The molecule has 4 aromatic carbocycles. The van der Waals surface area contributed by atoms with Crippen molar-refractivity contribution < 1.29 is 49.0 Å². The van der Waals surface area contributed by atoms with Gasteiger partial charge in [0.05, 0.1) is 0 Å². The van der Waals surface area contributed by atoms with Crippen molar-refractivity contribution in [3.05, 3.63) is 135 Å². The summed E-state index contributed by atoms with van der Waals surface area (Å²) < 4.78 is 1.46. The molecule has 0 fully saturated rings. The van der Waals surface area contributed by atoms with Crippen molar-refractivity contribution in [2.24, 2.45) is 10.8 Å². The molecule has 7 rings (SSSR count). The van der Waals surface area contributed by atoms with Crippen molar-refractivity contribution in [3.8, 4) is 11.1 Å². The SMILES string of the molecule is CC(C)(C)C1=[C-]C(C)(C)c2cc3c(cc21)-c1cc2c(cc1C3)C(C)(C)C=C2C(C)(C)C.CCc1cc(C(C)(C)C)c[cH-]1.C[C](=[Zr+2])c1ccc(C)cc1.[Cl-].[Cl-]. The first-order valence-corrected chi connectivity index (χ1v) is 20.7. The summed E-state index contributed by atoms with van der Waals surface area (Å²) in [6.07, 6.45) is 8.56. The van der Waals surface area contributed by atoms with Crippen LogP contribution in [-0.2, 0) is 53.3 Å². The van der Waals surface area contributed by atoms with E-state index in [-0.39, 0.29) is 46.5 Å². The van der Waals surface area contributed by atoms with E-state index >= 15 is 0 Å². The minimum atomic E-state index is -0.0202. The quantitative estimate of drug-likeness (QED) is 0.159. The van der Waals surface area contributed by atoms with Gasteiger partial charge in [-0.15, -0.1) is 11.6 Å². The van der Waals surface area contributed by atoms with Crippen molar-refractivity contribution in [3.63, 3.8) is 0 Å². The molecule has 0 bridgehead atoms. The minimum absolute atomic E-state index is 0. The van der Waals surface area contributed by atoms with Crippen molar-refractivity contribution in [2.45, 2.75) is 140 Å². The average Bonchev–Trinajstić information content (AvgIpc) is 3.77. The summed E-state index contributed by atoms with van der Waals surface area (Å²) in [5.74, 6) is 0. The molecule has 0 amide bonds. The molecule has 0 spiro atoms. The zero-order valence-corrected chi connectivity index (χ0v) is 40.1. The van der Waals surface area contributed by atoms with Crippen LogP contribution in [0.25, 0.3) is 22.3 Å². The smallest absolute Gasteiger partial charge is 1.00 e. The third-order valence-corrected chi connectivity index (χ3v) is 11.9. The summed E-state index contributed by atoms with van der Waals surface area (Å²) in [6, 6.07) is 25.4. The molecule has 0 heterocycles. The topological polar surface area (TPSA) is 0 Å². The summed E-state index contributed by atoms with van der Waals surface area (Å²) in [4.78, 5) is 0. The fraction of sp³-hybridized carbons (Fsp3) is 0.451. The van der Waals surface area contributed by atoms with Crippen molar-refractivity contribution in [1.82, 2.24) is 0 Å². The summed E-state index contributed by atoms with van der Waals surface area (Å²) in [7, 11) is 0. The van der Waals surface area contributed by atoms with E-state index in [2.05, 4.69) is 190 Å². The number of hydrogen-bond acceptors (Lipinski definition) is 0. The second kappa shape index (κ2) is 16.4. The molecule has 0 radical (unpaired) electrons. The molecule has 0 saturated carbocycles. The predicted molar refractivity (Wildman–Crippen MR) is 225 cm³/mol. The molecule has 3 aliphatic carbocycles. The standard InChI is InChI=1S/C31H37.C11H17.C9H10.2ClH.Zr/c1-28(2,3)26-16-30(7,8)24-12-18-11-19-13-25-23(15-21(19)20(18)14-22(24)26)27(29(4,5)6)17-31(25,9)10;1-5-9-6-7-10(8-9)11(2,3)4;1-3-9-6-4-8(2)5-7-9;;;/h12-16H,11H2,1-10H3;6-8H,5H2,1-4H3;4-7H,1-2H3;2*1H;/q2*-1;;;;+2/p-2. The molecule has 4 aromatic rings. The van der Waals surface area contributed by atoms with E-state index in [1.54, 1.807) is 0 Å². The monoisotopic (exact) mass is 836 g/mol. The van der Waals surface area contributed by atoms with E-state index in [1.165, 1.54) is 105 Å². The van der Waals surface area contributed by atoms with E-state index < -0.39 is 0 Å². The van der Waals surface area contributed by atoms with E-state index in [0.29, 0.717) is 5.41 Å². The van der Waals surface area contributed by atoms with Gasteiger partial charge in [-0.1, -0.05) is 132 Å². The van der Waals surface area contributed by atoms with Crippen LogP contribution in [0, 0.1) is 23.8 Å². The Kier molecular flexibility index (Phi) is 14.0. The maximum absolute atomic E-state index is 3.85. The van der Waals surface area contributed by atoms with Crippen LogP contribution in [0.15, 0.2) is 72.8 Å². The maximum Gasteiger partial charge on any atom is -1.00 e. The molecule has 288 valence electrons. The van der Waals surface area contributed by atoms with Gasteiger partial charge in [-0.05, 0) is 62.3 Å².